The van der Waals surface area contributed by atoms with E-state index in [1.807, 2.05) is 0 Å². The average Bonchev–Trinajstić information content (AvgIpc) is 2.66. The van der Waals surface area contributed by atoms with E-state index in [9.17, 15) is 4.79 Å². The van der Waals surface area contributed by atoms with Crippen molar-refractivity contribution in [3.05, 3.63) is 0 Å². The zero-order valence-electron chi connectivity index (χ0n) is 25.5. The molecule has 5 nitrogen and oxygen atoms in total. The van der Waals surface area contributed by atoms with Crippen LogP contribution in [0.15, 0.2) is 0 Å². The van der Waals surface area contributed by atoms with E-state index in [4.69, 9.17) is 4.74 Å². The molecule has 36 heavy (non-hydrogen) atoms. The standard InChI is InChI=1S/C31H61N3O2/c1-10-11-12-13-14-15-16-17-18-19-34(25-20-28(2,3)32-29(4,5)21-25)24-27(35)36-26-22-30(6,7)33-31(8,9)23-26/h25-26,32-33H,10-24H2,1-9H3. The lowest BCUT2D eigenvalue weighted by molar-refractivity contribution is -0.155. The molecule has 2 fully saturated rings. The van der Waals surface area contributed by atoms with E-state index < -0.39 is 0 Å². The number of esters is 1. The Balaban J connectivity index is 1.94. The molecule has 0 aromatic rings. The van der Waals surface area contributed by atoms with Gasteiger partial charge in [-0.1, -0.05) is 58.3 Å². The fraction of sp³-hybridized carbons (Fsp3) is 0.968. The quantitative estimate of drug-likeness (QED) is 0.196. The molecule has 5 heteroatoms. The summed E-state index contributed by atoms with van der Waals surface area (Å²) in [5.74, 6) is -0.0430. The van der Waals surface area contributed by atoms with E-state index in [0.29, 0.717) is 12.6 Å². The molecular weight excluding hydrogens is 446 g/mol. The Hall–Kier alpha value is -0.650. The minimum absolute atomic E-state index is 0.0146. The molecule has 0 unspecified atom stereocenters. The topological polar surface area (TPSA) is 53.6 Å². The fourth-order valence-corrected chi connectivity index (χ4v) is 7.24. The van der Waals surface area contributed by atoms with Crippen LogP contribution in [0.2, 0.25) is 0 Å². The third-order valence-electron chi connectivity index (χ3n) is 8.02. The van der Waals surface area contributed by atoms with E-state index in [0.717, 1.165) is 32.2 Å². The summed E-state index contributed by atoms with van der Waals surface area (Å²) in [5.41, 5.74) is 0.0876. The first-order valence-corrected chi connectivity index (χ1v) is 15.1. The normalized spacial score (nSPS) is 23.6. The van der Waals surface area contributed by atoms with Crippen molar-refractivity contribution in [3.63, 3.8) is 0 Å². The first kappa shape index (κ1) is 31.6. The van der Waals surface area contributed by atoms with Gasteiger partial charge >= 0.3 is 5.97 Å². The molecule has 0 radical (unpaired) electrons. The second-order valence-electron chi connectivity index (χ2n) is 14.7. The Morgan fingerprint density at radius 3 is 1.58 bits per heavy atom. The Morgan fingerprint density at radius 1 is 0.694 bits per heavy atom. The molecule has 0 saturated carbocycles. The molecule has 0 spiro atoms. The van der Waals surface area contributed by atoms with Crippen molar-refractivity contribution in [2.45, 2.75) is 180 Å². The maximum atomic E-state index is 13.3. The zero-order valence-corrected chi connectivity index (χ0v) is 25.5. The highest BCUT2D eigenvalue weighted by Gasteiger charge is 2.42. The molecule has 0 amide bonds. The van der Waals surface area contributed by atoms with Crippen molar-refractivity contribution < 1.29 is 9.53 Å². The summed E-state index contributed by atoms with van der Waals surface area (Å²) in [6.07, 6.45) is 15.8. The number of nitrogens with zero attached hydrogens (tertiary/aromatic N) is 1. The van der Waals surface area contributed by atoms with Crippen LogP contribution in [0.4, 0.5) is 0 Å². The second-order valence-corrected chi connectivity index (χ2v) is 14.7. The van der Waals surface area contributed by atoms with Gasteiger partial charge in [0.2, 0.25) is 0 Å². The molecular formula is C31H61N3O2. The highest BCUT2D eigenvalue weighted by Crippen LogP contribution is 2.33. The van der Waals surface area contributed by atoms with E-state index in [-0.39, 0.29) is 34.2 Å². The third-order valence-corrected chi connectivity index (χ3v) is 8.02. The summed E-state index contributed by atoms with van der Waals surface area (Å²) in [5, 5.41) is 7.50. The van der Waals surface area contributed by atoms with Gasteiger partial charge in [-0.3, -0.25) is 9.69 Å². The number of rotatable bonds is 14. The van der Waals surface area contributed by atoms with Gasteiger partial charge in [-0.05, 0) is 81.2 Å². The minimum Gasteiger partial charge on any atom is -0.461 e. The SMILES string of the molecule is CCCCCCCCCCCN(CC(=O)OC1CC(C)(C)NC(C)(C)C1)C1CC(C)(C)NC(C)(C)C1. The van der Waals surface area contributed by atoms with Gasteiger partial charge in [0.25, 0.3) is 0 Å². The van der Waals surface area contributed by atoms with Gasteiger partial charge in [0.1, 0.15) is 6.10 Å². The Labute approximate surface area is 224 Å². The molecule has 0 bridgehead atoms. The molecule has 2 saturated heterocycles. The first-order chi connectivity index (χ1) is 16.6. The Morgan fingerprint density at radius 2 is 1.11 bits per heavy atom. The van der Waals surface area contributed by atoms with Gasteiger partial charge in [-0.2, -0.15) is 0 Å². The predicted molar refractivity (Wildman–Crippen MR) is 154 cm³/mol. The largest absolute Gasteiger partial charge is 0.461 e. The van der Waals surface area contributed by atoms with Crippen molar-refractivity contribution in [1.82, 2.24) is 15.5 Å². The van der Waals surface area contributed by atoms with Gasteiger partial charge < -0.3 is 15.4 Å². The van der Waals surface area contributed by atoms with Crippen LogP contribution in [0.5, 0.6) is 0 Å². The first-order valence-electron chi connectivity index (χ1n) is 15.1. The van der Waals surface area contributed by atoms with Crippen LogP contribution in [0.3, 0.4) is 0 Å². The molecule has 0 atom stereocenters. The highest BCUT2D eigenvalue weighted by atomic mass is 16.5. The number of hydrogen-bond donors (Lipinski definition) is 2. The van der Waals surface area contributed by atoms with Crippen molar-refractivity contribution in [3.8, 4) is 0 Å². The smallest absolute Gasteiger partial charge is 0.320 e. The van der Waals surface area contributed by atoms with Crippen molar-refractivity contribution in [2.24, 2.45) is 0 Å². The van der Waals surface area contributed by atoms with Crippen molar-refractivity contribution in [1.29, 1.82) is 0 Å². The maximum absolute atomic E-state index is 13.3. The molecule has 2 aliphatic rings. The minimum atomic E-state index is -0.0430. The Bertz CT molecular complexity index is 639. The van der Waals surface area contributed by atoms with Crippen molar-refractivity contribution >= 4 is 5.97 Å². The highest BCUT2D eigenvalue weighted by molar-refractivity contribution is 5.72. The number of unbranched alkanes of at least 4 members (excludes halogenated alkanes) is 8. The summed E-state index contributed by atoms with van der Waals surface area (Å²) >= 11 is 0. The van der Waals surface area contributed by atoms with Gasteiger partial charge in [-0.25, -0.2) is 0 Å². The number of carbonyl (C=O) groups is 1. The zero-order chi connectivity index (χ0) is 27.0. The van der Waals surface area contributed by atoms with Crippen LogP contribution in [0.1, 0.15) is 146 Å². The van der Waals surface area contributed by atoms with Gasteiger partial charge in [0.15, 0.2) is 0 Å². The maximum Gasteiger partial charge on any atom is 0.320 e. The fourth-order valence-electron chi connectivity index (χ4n) is 7.24. The molecule has 0 aliphatic carbocycles. The van der Waals surface area contributed by atoms with Crippen LogP contribution >= 0.6 is 0 Å². The number of hydrogen-bond acceptors (Lipinski definition) is 5. The summed E-state index contributed by atoms with van der Waals surface area (Å²) in [4.78, 5) is 15.7. The van der Waals surface area contributed by atoms with Gasteiger partial charge in [-0.15, -0.1) is 0 Å². The molecule has 2 aliphatic heterocycles. The van der Waals surface area contributed by atoms with E-state index >= 15 is 0 Å². The lowest BCUT2D eigenvalue weighted by Gasteiger charge is -2.49. The van der Waals surface area contributed by atoms with Crippen LogP contribution in [0, 0.1) is 0 Å². The molecule has 2 rings (SSSR count). The molecule has 0 aromatic heterocycles. The predicted octanol–water partition coefficient (Wildman–Crippen LogP) is 6.98. The van der Waals surface area contributed by atoms with E-state index in [1.165, 1.54) is 57.8 Å². The van der Waals surface area contributed by atoms with Crippen LogP contribution in [0.25, 0.3) is 0 Å². The summed E-state index contributed by atoms with van der Waals surface area (Å²) in [6, 6.07) is 0.402. The van der Waals surface area contributed by atoms with Crippen LogP contribution in [-0.2, 0) is 9.53 Å². The molecule has 2 N–H and O–H groups in total. The summed E-state index contributed by atoms with van der Waals surface area (Å²) in [7, 11) is 0. The molecule has 0 aromatic carbocycles. The third kappa shape index (κ3) is 11.8. The van der Waals surface area contributed by atoms with Crippen LogP contribution in [-0.4, -0.2) is 58.3 Å². The van der Waals surface area contributed by atoms with E-state index in [2.05, 4.69) is 77.8 Å². The lowest BCUT2D eigenvalue weighted by Crippen LogP contribution is -2.63. The second kappa shape index (κ2) is 13.4. The van der Waals surface area contributed by atoms with E-state index in [1.54, 1.807) is 0 Å². The van der Waals surface area contributed by atoms with Crippen molar-refractivity contribution in [2.75, 3.05) is 13.1 Å². The number of nitrogens with one attached hydrogen (secondary N) is 2. The number of carbonyl (C=O) groups excluding carboxylic acids is 1. The average molecular weight is 508 g/mol. The summed E-state index contributed by atoms with van der Waals surface area (Å²) in [6.45, 7) is 21.7. The number of ether oxygens (including phenoxy) is 1. The summed E-state index contributed by atoms with van der Waals surface area (Å²) < 4.78 is 6.14. The monoisotopic (exact) mass is 507 g/mol. The van der Waals surface area contributed by atoms with Gasteiger partial charge in [0.05, 0.1) is 6.54 Å². The Kier molecular flexibility index (Phi) is 11.8. The molecule has 212 valence electrons. The van der Waals surface area contributed by atoms with Gasteiger partial charge in [0, 0.05) is 41.0 Å². The molecule has 2 heterocycles. The van der Waals surface area contributed by atoms with Crippen LogP contribution < -0.4 is 10.6 Å². The lowest BCUT2D eigenvalue weighted by atomic mass is 9.79. The number of piperidine rings is 2.